The third-order valence-electron chi connectivity index (χ3n) is 7.17. The van der Waals surface area contributed by atoms with E-state index in [4.69, 9.17) is 9.47 Å². The van der Waals surface area contributed by atoms with Crippen molar-refractivity contribution in [3.8, 4) is 11.5 Å². The molecule has 0 radical (unpaired) electrons. The van der Waals surface area contributed by atoms with Crippen LogP contribution in [0.2, 0.25) is 0 Å². The minimum atomic E-state index is -0.343. The number of esters is 2. The summed E-state index contributed by atoms with van der Waals surface area (Å²) in [5.41, 5.74) is 5.25. The predicted molar refractivity (Wildman–Crippen MR) is 151 cm³/mol. The summed E-state index contributed by atoms with van der Waals surface area (Å²) in [7, 11) is 0. The van der Waals surface area contributed by atoms with Gasteiger partial charge in [-0.3, -0.25) is 9.59 Å². The maximum atomic E-state index is 12.7. The number of ether oxygens (including phenoxy) is 2. The highest BCUT2D eigenvalue weighted by molar-refractivity contribution is 5.74. The van der Waals surface area contributed by atoms with Crippen LogP contribution in [0.5, 0.6) is 11.5 Å². The van der Waals surface area contributed by atoms with Crippen LogP contribution >= 0.6 is 0 Å². The monoisotopic (exact) mass is 526 g/mol. The zero-order valence-electron chi connectivity index (χ0n) is 24.5. The van der Waals surface area contributed by atoms with Crippen molar-refractivity contribution in [3.63, 3.8) is 0 Å². The Labute approximate surface area is 228 Å². The average Bonchev–Trinajstić information content (AvgIpc) is 2.75. The molecule has 6 heteroatoms. The molecule has 2 rings (SSSR count). The number of unbranched alkanes of at least 4 members (excludes halogenated alkanes) is 1. The summed E-state index contributed by atoms with van der Waals surface area (Å²) in [6.45, 7) is 16.2. The Morgan fingerprint density at radius 2 is 1.00 bits per heavy atom. The number of rotatable bonds is 13. The summed E-state index contributed by atoms with van der Waals surface area (Å²) >= 11 is 0. The van der Waals surface area contributed by atoms with Crippen molar-refractivity contribution in [2.24, 2.45) is 0 Å². The first-order valence-electron chi connectivity index (χ1n) is 13.6. The summed E-state index contributed by atoms with van der Waals surface area (Å²) in [4.78, 5) is 25.4. The van der Waals surface area contributed by atoms with Gasteiger partial charge in [-0.15, -0.1) is 0 Å². The van der Waals surface area contributed by atoms with Gasteiger partial charge in [0.2, 0.25) is 0 Å². The van der Waals surface area contributed by atoms with Crippen LogP contribution in [-0.4, -0.2) is 35.4 Å². The molecule has 0 saturated carbocycles. The molecule has 210 valence electrons. The van der Waals surface area contributed by atoms with E-state index < -0.39 is 0 Å². The molecule has 0 aliphatic heterocycles. The predicted octanol–water partition coefficient (Wildman–Crippen LogP) is 6.31. The molecule has 2 N–H and O–H groups in total. The molecule has 0 aliphatic carbocycles. The topological polar surface area (TPSA) is 93.1 Å². The Hall–Kier alpha value is -2.70. The number of carbonyl (C=O) groups is 2. The quantitative estimate of drug-likeness (QED) is 0.180. The Morgan fingerprint density at radius 1 is 0.658 bits per heavy atom. The van der Waals surface area contributed by atoms with E-state index in [1.165, 1.54) is 0 Å². The Balaban J connectivity index is 2.00. The van der Waals surface area contributed by atoms with E-state index in [0.717, 1.165) is 33.4 Å². The summed E-state index contributed by atoms with van der Waals surface area (Å²) in [5, 5.41) is 19.0. The standard InChI is InChI=1S/C32H46O6/c1-21-17-23(3)29(31(5,6)13-15-33)25(19-21)37-27(35)11-9-10-12-28(36)38-26-20-22(2)18-24(4)30(26)32(7,8)14-16-34/h17-20,33-34H,9-16H2,1-8H3. The molecule has 6 nitrogen and oxygen atoms in total. The second-order valence-electron chi connectivity index (χ2n) is 11.8. The molecule has 2 aromatic carbocycles. The minimum Gasteiger partial charge on any atom is -0.426 e. The third kappa shape index (κ3) is 8.40. The highest BCUT2D eigenvalue weighted by Crippen LogP contribution is 2.39. The molecule has 0 spiro atoms. The molecule has 0 saturated heterocycles. The molecule has 0 fully saturated rings. The SMILES string of the molecule is Cc1cc(C)c(C(C)(C)CCO)c(OC(=O)CCCCC(=O)Oc2cc(C)cc(C)c2C(C)(C)CCO)c1. The van der Waals surface area contributed by atoms with Gasteiger partial charge in [-0.2, -0.15) is 0 Å². The van der Waals surface area contributed by atoms with Crippen LogP contribution in [0.4, 0.5) is 0 Å². The van der Waals surface area contributed by atoms with E-state index in [9.17, 15) is 19.8 Å². The van der Waals surface area contributed by atoms with E-state index in [0.29, 0.717) is 37.2 Å². The van der Waals surface area contributed by atoms with Gasteiger partial charge >= 0.3 is 11.9 Å². The minimum absolute atomic E-state index is 0.0480. The highest BCUT2D eigenvalue weighted by atomic mass is 16.5. The second-order valence-corrected chi connectivity index (χ2v) is 11.8. The summed E-state index contributed by atoms with van der Waals surface area (Å²) in [6, 6.07) is 7.86. The van der Waals surface area contributed by atoms with Crippen LogP contribution in [0.15, 0.2) is 24.3 Å². The molecule has 0 atom stereocenters. The fourth-order valence-electron chi connectivity index (χ4n) is 5.45. The molecule has 0 aliphatic rings. The fraction of sp³-hybridized carbons (Fsp3) is 0.562. The van der Waals surface area contributed by atoms with Gasteiger partial charge < -0.3 is 19.7 Å². The van der Waals surface area contributed by atoms with E-state index in [2.05, 4.69) is 12.1 Å². The number of carbonyl (C=O) groups excluding carboxylic acids is 2. The maximum absolute atomic E-state index is 12.7. The first-order valence-corrected chi connectivity index (χ1v) is 13.6. The number of benzene rings is 2. The van der Waals surface area contributed by atoms with Crippen LogP contribution < -0.4 is 9.47 Å². The van der Waals surface area contributed by atoms with E-state index in [1.54, 1.807) is 0 Å². The molecule has 0 heterocycles. The summed E-state index contributed by atoms with van der Waals surface area (Å²) in [5.74, 6) is 0.398. The van der Waals surface area contributed by atoms with Crippen molar-refractivity contribution in [2.75, 3.05) is 13.2 Å². The molecule has 0 aromatic heterocycles. The van der Waals surface area contributed by atoms with Crippen LogP contribution in [0.25, 0.3) is 0 Å². The lowest BCUT2D eigenvalue weighted by atomic mass is 9.78. The number of hydrogen-bond acceptors (Lipinski definition) is 6. The lowest BCUT2D eigenvalue weighted by Crippen LogP contribution is -2.23. The zero-order valence-corrected chi connectivity index (χ0v) is 24.5. The third-order valence-corrected chi connectivity index (χ3v) is 7.17. The average molecular weight is 527 g/mol. The van der Waals surface area contributed by atoms with Gasteiger partial charge in [-0.05, 0) is 98.6 Å². The van der Waals surface area contributed by atoms with Gasteiger partial charge in [0.1, 0.15) is 11.5 Å². The van der Waals surface area contributed by atoms with Crippen LogP contribution in [0, 0.1) is 27.7 Å². The molecule has 38 heavy (non-hydrogen) atoms. The van der Waals surface area contributed by atoms with Crippen LogP contribution in [0.3, 0.4) is 0 Å². The summed E-state index contributed by atoms with van der Waals surface area (Å²) < 4.78 is 11.6. The first kappa shape index (κ1) is 31.5. The Kier molecular flexibility index (Phi) is 11.1. The Morgan fingerprint density at radius 3 is 1.32 bits per heavy atom. The summed E-state index contributed by atoms with van der Waals surface area (Å²) in [6.07, 6.45) is 2.51. The molecular weight excluding hydrogens is 480 g/mol. The van der Waals surface area contributed by atoms with E-state index in [1.807, 2.05) is 67.5 Å². The first-order chi connectivity index (χ1) is 17.7. The molecule has 2 aromatic rings. The van der Waals surface area contributed by atoms with Crippen molar-refractivity contribution in [1.82, 2.24) is 0 Å². The fourth-order valence-corrected chi connectivity index (χ4v) is 5.45. The van der Waals surface area contributed by atoms with Gasteiger partial charge in [0.05, 0.1) is 0 Å². The largest absolute Gasteiger partial charge is 0.426 e. The van der Waals surface area contributed by atoms with Crippen LogP contribution in [0.1, 0.15) is 99.6 Å². The van der Waals surface area contributed by atoms with Crippen LogP contribution in [-0.2, 0) is 20.4 Å². The smallest absolute Gasteiger partial charge is 0.311 e. The lowest BCUT2D eigenvalue weighted by Gasteiger charge is -2.29. The maximum Gasteiger partial charge on any atom is 0.311 e. The second kappa shape index (κ2) is 13.4. The van der Waals surface area contributed by atoms with E-state index in [-0.39, 0.29) is 48.8 Å². The number of aliphatic hydroxyl groups is 2. The van der Waals surface area contributed by atoms with Gasteiger partial charge in [0, 0.05) is 37.2 Å². The van der Waals surface area contributed by atoms with Crippen molar-refractivity contribution >= 4 is 11.9 Å². The van der Waals surface area contributed by atoms with Crippen molar-refractivity contribution < 1.29 is 29.3 Å². The lowest BCUT2D eigenvalue weighted by molar-refractivity contribution is -0.136. The molecular formula is C32H46O6. The van der Waals surface area contributed by atoms with Crippen molar-refractivity contribution in [1.29, 1.82) is 0 Å². The van der Waals surface area contributed by atoms with Gasteiger partial charge in [0.15, 0.2) is 0 Å². The molecule has 0 unspecified atom stereocenters. The number of aryl methyl sites for hydroxylation is 4. The normalized spacial score (nSPS) is 11.9. The molecule has 0 amide bonds. The van der Waals surface area contributed by atoms with Gasteiger partial charge in [-0.25, -0.2) is 0 Å². The van der Waals surface area contributed by atoms with Gasteiger partial charge in [-0.1, -0.05) is 39.8 Å². The number of aliphatic hydroxyl groups excluding tert-OH is 2. The van der Waals surface area contributed by atoms with Gasteiger partial charge in [0.25, 0.3) is 0 Å². The van der Waals surface area contributed by atoms with Crippen molar-refractivity contribution in [2.45, 2.75) is 105 Å². The van der Waals surface area contributed by atoms with Crippen molar-refractivity contribution in [3.05, 3.63) is 57.6 Å². The highest BCUT2D eigenvalue weighted by Gasteiger charge is 2.29. The van der Waals surface area contributed by atoms with E-state index >= 15 is 0 Å². The molecule has 0 bridgehead atoms. The zero-order chi connectivity index (χ0) is 28.7. The Bertz CT molecular complexity index is 1040. The number of hydrogen-bond donors (Lipinski definition) is 2.